The summed E-state index contributed by atoms with van der Waals surface area (Å²) in [5.74, 6) is 0.512. The first-order valence-electron chi connectivity index (χ1n) is 6.41. The summed E-state index contributed by atoms with van der Waals surface area (Å²) < 4.78 is 5.92. The molecule has 0 spiro atoms. The zero-order valence-corrected chi connectivity index (χ0v) is 11.4. The van der Waals surface area contributed by atoms with Crippen LogP contribution in [0.5, 0.6) is 0 Å². The quantitative estimate of drug-likeness (QED) is 0.539. The van der Waals surface area contributed by atoms with E-state index in [1.54, 1.807) is 6.08 Å². The summed E-state index contributed by atoms with van der Waals surface area (Å²) in [7, 11) is 0. The summed E-state index contributed by atoms with van der Waals surface area (Å²) in [4.78, 5) is 11.9. The van der Waals surface area contributed by atoms with Gasteiger partial charge in [0.1, 0.15) is 0 Å². The molecule has 1 aliphatic heterocycles. The van der Waals surface area contributed by atoms with E-state index >= 15 is 0 Å². The highest BCUT2D eigenvalue weighted by atomic mass is 16.5. The number of ether oxygens (including phenoxy) is 1. The minimum Gasteiger partial charge on any atom is -0.367 e. The number of carbonyl (C=O) groups excluding carboxylic acids is 1. The normalized spacial score (nSPS) is 31.0. The summed E-state index contributed by atoms with van der Waals surface area (Å²) in [6.45, 7) is 11.9. The van der Waals surface area contributed by atoms with Crippen molar-refractivity contribution < 1.29 is 9.53 Å². The molecule has 0 amide bonds. The van der Waals surface area contributed by atoms with Gasteiger partial charge in [0.2, 0.25) is 0 Å². The van der Waals surface area contributed by atoms with E-state index in [0.717, 1.165) is 12.8 Å². The molecule has 1 rings (SSSR count). The largest absolute Gasteiger partial charge is 0.367 e. The predicted octanol–water partition coefficient (Wildman–Crippen LogP) is 3.53. The van der Waals surface area contributed by atoms with Crippen LogP contribution in [0.1, 0.15) is 40.5 Å². The van der Waals surface area contributed by atoms with E-state index in [-0.39, 0.29) is 23.4 Å². The molecule has 1 fully saturated rings. The number of hydrogen-bond acceptors (Lipinski definition) is 2. The molecule has 0 radical (unpaired) electrons. The Labute approximate surface area is 105 Å². The maximum atomic E-state index is 11.9. The molecule has 3 atom stereocenters. The molecule has 0 bridgehead atoms. The van der Waals surface area contributed by atoms with Crippen molar-refractivity contribution in [1.29, 1.82) is 0 Å². The maximum Gasteiger partial charge on any atom is 0.160 e. The van der Waals surface area contributed by atoms with Crippen molar-refractivity contribution in [3.8, 4) is 0 Å². The van der Waals surface area contributed by atoms with E-state index in [0.29, 0.717) is 5.92 Å². The van der Waals surface area contributed by atoms with Crippen LogP contribution in [0.3, 0.4) is 0 Å². The van der Waals surface area contributed by atoms with Crippen molar-refractivity contribution in [3.05, 3.63) is 24.8 Å². The van der Waals surface area contributed by atoms with Crippen molar-refractivity contribution in [2.75, 3.05) is 0 Å². The first kappa shape index (κ1) is 14.2. The zero-order chi connectivity index (χ0) is 13.1. The number of ketones is 1. The van der Waals surface area contributed by atoms with Crippen molar-refractivity contribution >= 4 is 5.78 Å². The standard InChI is InChI=1S/C15H24O2/c1-6-15(5)10-9-14(17-15)12(4)13(16)8-7-11(2)3/h6-8,11-12,14H,1,9-10H2,2-5H3/b8-7+/t12?,14-,15-/m1/s1. The Morgan fingerprint density at radius 2 is 2.12 bits per heavy atom. The molecule has 0 aliphatic carbocycles. The summed E-state index contributed by atoms with van der Waals surface area (Å²) in [5.41, 5.74) is -0.249. The molecule has 0 aromatic carbocycles. The fraction of sp³-hybridized carbons (Fsp3) is 0.667. The van der Waals surface area contributed by atoms with E-state index in [1.807, 2.05) is 26.0 Å². The summed E-state index contributed by atoms with van der Waals surface area (Å²) >= 11 is 0. The minimum absolute atomic E-state index is 0.0299. The first-order valence-corrected chi connectivity index (χ1v) is 6.41. The highest BCUT2D eigenvalue weighted by molar-refractivity contribution is 5.91. The topological polar surface area (TPSA) is 26.3 Å². The first-order chi connectivity index (χ1) is 7.88. The Bertz CT molecular complexity index is 317. The third kappa shape index (κ3) is 3.81. The summed E-state index contributed by atoms with van der Waals surface area (Å²) in [5, 5.41) is 0. The van der Waals surface area contributed by atoms with Crippen molar-refractivity contribution in [2.24, 2.45) is 11.8 Å². The fourth-order valence-corrected chi connectivity index (χ4v) is 2.02. The van der Waals surface area contributed by atoms with Gasteiger partial charge in [-0.1, -0.05) is 32.9 Å². The second-order valence-electron chi connectivity index (χ2n) is 5.51. The summed E-state index contributed by atoms with van der Waals surface area (Å²) in [6.07, 6.45) is 7.40. The summed E-state index contributed by atoms with van der Waals surface area (Å²) in [6, 6.07) is 0. The highest BCUT2D eigenvalue weighted by Gasteiger charge is 2.37. The molecule has 1 heterocycles. The zero-order valence-electron chi connectivity index (χ0n) is 11.4. The molecule has 1 unspecified atom stereocenters. The van der Waals surface area contributed by atoms with Gasteiger partial charge in [-0.3, -0.25) is 4.79 Å². The van der Waals surface area contributed by atoms with Crippen molar-refractivity contribution in [1.82, 2.24) is 0 Å². The van der Waals surface area contributed by atoms with Gasteiger partial charge >= 0.3 is 0 Å². The van der Waals surface area contributed by atoms with Gasteiger partial charge < -0.3 is 4.74 Å². The van der Waals surface area contributed by atoms with Crippen LogP contribution in [0.2, 0.25) is 0 Å². The van der Waals surface area contributed by atoms with Crippen LogP contribution in [0.15, 0.2) is 24.8 Å². The Morgan fingerprint density at radius 1 is 1.47 bits per heavy atom. The Hall–Kier alpha value is -0.890. The second kappa shape index (κ2) is 5.63. The molecule has 2 heteroatoms. The molecule has 2 nitrogen and oxygen atoms in total. The van der Waals surface area contributed by atoms with Gasteiger partial charge in [-0.25, -0.2) is 0 Å². The minimum atomic E-state index is -0.249. The third-order valence-electron chi connectivity index (χ3n) is 3.43. The molecule has 96 valence electrons. The molecule has 0 N–H and O–H groups in total. The third-order valence-corrected chi connectivity index (χ3v) is 3.43. The van der Waals surface area contributed by atoms with Gasteiger partial charge in [-0.2, -0.15) is 0 Å². The van der Waals surface area contributed by atoms with Gasteiger partial charge in [0.15, 0.2) is 5.78 Å². The second-order valence-corrected chi connectivity index (χ2v) is 5.51. The van der Waals surface area contributed by atoms with Gasteiger partial charge in [-0.15, -0.1) is 6.58 Å². The van der Waals surface area contributed by atoms with Crippen LogP contribution in [0.25, 0.3) is 0 Å². The lowest BCUT2D eigenvalue weighted by Crippen LogP contribution is -2.28. The molecular formula is C15H24O2. The Balaban J connectivity index is 2.57. The van der Waals surface area contributed by atoms with E-state index in [2.05, 4.69) is 20.4 Å². The van der Waals surface area contributed by atoms with Gasteiger partial charge in [0.25, 0.3) is 0 Å². The van der Waals surface area contributed by atoms with Gasteiger partial charge in [0.05, 0.1) is 11.7 Å². The molecule has 0 aromatic rings. The number of allylic oxidation sites excluding steroid dienone is 2. The van der Waals surface area contributed by atoms with E-state index in [1.165, 1.54) is 0 Å². The van der Waals surface area contributed by atoms with E-state index in [9.17, 15) is 4.79 Å². The van der Waals surface area contributed by atoms with Crippen LogP contribution < -0.4 is 0 Å². The monoisotopic (exact) mass is 236 g/mol. The fourth-order valence-electron chi connectivity index (χ4n) is 2.02. The highest BCUT2D eigenvalue weighted by Crippen LogP contribution is 2.34. The lowest BCUT2D eigenvalue weighted by atomic mass is 9.95. The Kier molecular flexibility index (Phi) is 4.70. The average Bonchev–Trinajstić information content (AvgIpc) is 2.68. The Morgan fingerprint density at radius 3 is 2.59 bits per heavy atom. The van der Waals surface area contributed by atoms with Crippen LogP contribution in [-0.4, -0.2) is 17.5 Å². The smallest absolute Gasteiger partial charge is 0.160 e. The van der Waals surface area contributed by atoms with Crippen LogP contribution in [0, 0.1) is 11.8 Å². The van der Waals surface area contributed by atoms with Crippen molar-refractivity contribution in [3.63, 3.8) is 0 Å². The number of carbonyl (C=O) groups is 1. The molecule has 1 aliphatic rings. The molecular weight excluding hydrogens is 212 g/mol. The van der Waals surface area contributed by atoms with Crippen LogP contribution >= 0.6 is 0 Å². The molecule has 0 aromatic heterocycles. The average molecular weight is 236 g/mol. The van der Waals surface area contributed by atoms with E-state index in [4.69, 9.17) is 4.74 Å². The molecule has 17 heavy (non-hydrogen) atoms. The SMILES string of the molecule is C=C[C@]1(C)CC[C@H](C(C)C(=O)/C=C/C(C)C)O1. The molecule has 1 saturated heterocycles. The predicted molar refractivity (Wildman–Crippen MR) is 70.9 cm³/mol. The van der Waals surface area contributed by atoms with Crippen LogP contribution in [-0.2, 0) is 9.53 Å². The van der Waals surface area contributed by atoms with Crippen LogP contribution in [0.4, 0.5) is 0 Å². The molecule has 0 saturated carbocycles. The van der Waals surface area contributed by atoms with E-state index < -0.39 is 0 Å². The maximum absolute atomic E-state index is 11.9. The van der Waals surface area contributed by atoms with Gasteiger partial charge in [0, 0.05) is 5.92 Å². The van der Waals surface area contributed by atoms with Gasteiger partial charge in [-0.05, 0) is 31.8 Å². The van der Waals surface area contributed by atoms with Crippen molar-refractivity contribution in [2.45, 2.75) is 52.2 Å². The lowest BCUT2D eigenvalue weighted by molar-refractivity contribution is -0.123. The number of rotatable bonds is 5. The number of hydrogen-bond donors (Lipinski definition) is 0. The lowest BCUT2D eigenvalue weighted by Gasteiger charge is -2.23.